The summed E-state index contributed by atoms with van der Waals surface area (Å²) in [5.74, 6) is -0.720. The van der Waals surface area contributed by atoms with Gasteiger partial charge in [-0.15, -0.1) is 0 Å². The van der Waals surface area contributed by atoms with Gasteiger partial charge in [-0.1, -0.05) is 61.3 Å². The van der Waals surface area contributed by atoms with E-state index in [2.05, 4.69) is 22.8 Å². The van der Waals surface area contributed by atoms with Crippen molar-refractivity contribution in [2.24, 2.45) is 17.6 Å². The minimum Gasteiger partial charge on any atom is -0.508 e. The first-order valence-electron chi connectivity index (χ1n) is 10.7. The fourth-order valence-corrected chi connectivity index (χ4v) is 4.81. The largest absolute Gasteiger partial charge is 0.508 e. The van der Waals surface area contributed by atoms with Gasteiger partial charge in [0.05, 0.1) is 11.1 Å². The second-order valence-corrected chi connectivity index (χ2v) is 9.62. The van der Waals surface area contributed by atoms with Crippen molar-refractivity contribution in [1.29, 1.82) is 0 Å². The topological polar surface area (TPSA) is 104 Å². The van der Waals surface area contributed by atoms with Gasteiger partial charge in [0.1, 0.15) is 11.8 Å². The first-order valence-corrected chi connectivity index (χ1v) is 11.5. The van der Waals surface area contributed by atoms with E-state index < -0.39 is 18.0 Å². The molecule has 1 aliphatic rings. The minimum absolute atomic E-state index is 0.0202. The molecule has 0 heterocycles. The zero-order valence-electron chi connectivity index (χ0n) is 18.2. The van der Waals surface area contributed by atoms with Gasteiger partial charge in [0.2, 0.25) is 11.8 Å². The summed E-state index contributed by atoms with van der Waals surface area (Å²) in [6.45, 7) is 4.10. The molecule has 0 unspecified atom stereocenters. The molecule has 1 aliphatic carbocycles. The number of nitrogens with two attached hydrogens (primary N) is 1. The van der Waals surface area contributed by atoms with Crippen LogP contribution in [0.1, 0.15) is 37.0 Å². The van der Waals surface area contributed by atoms with Gasteiger partial charge in [-0.3, -0.25) is 9.59 Å². The Kier molecular flexibility index (Phi) is 8.04. The van der Waals surface area contributed by atoms with Crippen molar-refractivity contribution in [1.82, 2.24) is 10.6 Å². The number of carbonyl (C=O) groups excluding carboxylic acids is 2. The number of rotatable bonds is 9. The molecule has 2 aromatic rings. The van der Waals surface area contributed by atoms with Crippen LogP contribution in [0, 0.1) is 11.8 Å². The zero-order valence-corrected chi connectivity index (χ0v) is 19.7. The Morgan fingerprint density at radius 2 is 1.78 bits per heavy atom. The molecule has 2 aromatic carbocycles. The maximum atomic E-state index is 13.3. The summed E-state index contributed by atoms with van der Waals surface area (Å²) in [6, 6.07) is 9.71. The van der Waals surface area contributed by atoms with Crippen LogP contribution in [0.3, 0.4) is 0 Å². The van der Waals surface area contributed by atoms with Crippen molar-refractivity contribution >= 4 is 35.0 Å². The van der Waals surface area contributed by atoms with Gasteiger partial charge in [-0.25, -0.2) is 0 Å². The second kappa shape index (κ2) is 10.6. The SMILES string of the molecule is CC(C)C[C@@H](NC(=O)[C@H](NCc1c(O)cc(Cl)cc1Cl)C1Cc2ccccc2C1)C(N)=O. The maximum Gasteiger partial charge on any atom is 0.240 e. The number of hydrogen-bond donors (Lipinski definition) is 4. The van der Waals surface area contributed by atoms with E-state index in [1.807, 2.05) is 26.0 Å². The Labute approximate surface area is 198 Å². The van der Waals surface area contributed by atoms with Gasteiger partial charge < -0.3 is 21.5 Å². The van der Waals surface area contributed by atoms with Gasteiger partial charge in [0, 0.05) is 17.1 Å². The summed E-state index contributed by atoms with van der Waals surface area (Å²) in [4.78, 5) is 25.2. The number of phenolic OH excluding ortho intramolecular Hbond substituents is 1. The molecule has 0 spiro atoms. The number of benzene rings is 2. The molecule has 5 N–H and O–H groups in total. The van der Waals surface area contributed by atoms with E-state index in [1.54, 1.807) is 6.07 Å². The van der Waals surface area contributed by atoms with Crippen LogP contribution in [0.15, 0.2) is 36.4 Å². The number of phenols is 1. The Hall–Kier alpha value is -2.28. The number of fused-ring (bicyclic) bond motifs is 1. The van der Waals surface area contributed by atoms with Gasteiger partial charge in [0.25, 0.3) is 0 Å². The Morgan fingerprint density at radius 3 is 2.31 bits per heavy atom. The Morgan fingerprint density at radius 1 is 1.16 bits per heavy atom. The van der Waals surface area contributed by atoms with Crippen LogP contribution < -0.4 is 16.4 Å². The molecule has 0 saturated heterocycles. The van der Waals surface area contributed by atoms with Crippen LogP contribution in [0.25, 0.3) is 0 Å². The normalized spacial score (nSPS) is 15.4. The van der Waals surface area contributed by atoms with Crippen molar-refractivity contribution in [2.45, 2.75) is 51.7 Å². The van der Waals surface area contributed by atoms with Gasteiger partial charge in [0.15, 0.2) is 0 Å². The van der Waals surface area contributed by atoms with Crippen LogP contribution >= 0.6 is 23.2 Å². The average Bonchev–Trinajstić information content (AvgIpc) is 3.12. The summed E-state index contributed by atoms with van der Waals surface area (Å²) >= 11 is 12.2. The first-order chi connectivity index (χ1) is 15.2. The van der Waals surface area contributed by atoms with Crippen LogP contribution in [0.2, 0.25) is 10.0 Å². The number of nitrogens with one attached hydrogen (secondary N) is 2. The van der Waals surface area contributed by atoms with Crippen molar-refractivity contribution in [3.63, 3.8) is 0 Å². The molecule has 2 amide bonds. The zero-order chi connectivity index (χ0) is 23.4. The molecular weight excluding hydrogens is 449 g/mol. The standard InChI is InChI=1S/C24H29Cl2N3O3/c1-13(2)7-20(23(27)31)29-24(32)22(16-8-14-5-3-4-6-15(14)9-16)28-12-18-19(26)10-17(25)11-21(18)30/h3-6,10-11,13,16,20,22,28,30H,7-9,12H2,1-2H3,(H2,27,31)(H,29,32)/t20-,22-/m1/s1. The van der Waals surface area contributed by atoms with Crippen molar-refractivity contribution in [3.05, 3.63) is 63.1 Å². The molecule has 0 bridgehead atoms. The lowest BCUT2D eigenvalue weighted by Gasteiger charge is -2.27. The lowest BCUT2D eigenvalue weighted by Crippen LogP contribution is -2.54. The molecule has 0 radical (unpaired) electrons. The third kappa shape index (κ3) is 5.94. The lowest BCUT2D eigenvalue weighted by molar-refractivity contribution is -0.129. The molecule has 32 heavy (non-hydrogen) atoms. The number of halogens is 2. The van der Waals surface area contributed by atoms with Crippen LogP contribution in [-0.4, -0.2) is 29.0 Å². The molecule has 0 aliphatic heterocycles. The third-order valence-corrected chi connectivity index (χ3v) is 6.39. The van der Waals surface area contributed by atoms with Gasteiger partial charge in [-0.05, 0) is 54.4 Å². The molecular formula is C24H29Cl2N3O3. The summed E-state index contributed by atoms with van der Waals surface area (Å²) in [5.41, 5.74) is 8.41. The number of hydrogen-bond acceptors (Lipinski definition) is 4. The molecule has 0 saturated carbocycles. The summed E-state index contributed by atoms with van der Waals surface area (Å²) in [5, 5.41) is 17.0. The molecule has 2 atom stereocenters. The molecule has 0 aromatic heterocycles. The smallest absolute Gasteiger partial charge is 0.240 e. The second-order valence-electron chi connectivity index (χ2n) is 8.77. The Bertz CT molecular complexity index is 948. The van der Waals surface area contributed by atoms with Crippen molar-refractivity contribution in [3.8, 4) is 5.75 Å². The predicted octanol–water partition coefficient (Wildman–Crippen LogP) is 3.59. The minimum atomic E-state index is -0.747. The third-order valence-electron chi connectivity index (χ3n) is 5.84. The fraction of sp³-hybridized carbons (Fsp3) is 0.417. The first kappa shape index (κ1) is 24.4. The molecule has 6 nitrogen and oxygen atoms in total. The number of carbonyl (C=O) groups is 2. The highest BCUT2D eigenvalue weighted by Gasteiger charge is 2.35. The van der Waals surface area contributed by atoms with E-state index in [9.17, 15) is 14.7 Å². The van der Waals surface area contributed by atoms with E-state index in [0.29, 0.717) is 22.0 Å². The van der Waals surface area contributed by atoms with Gasteiger partial charge in [-0.2, -0.15) is 0 Å². The lowest BCUT2D eigenvalue weighted by atomic mass is 9.94. The highest BCUT2D eigenvalue weighted by atomic mass is 35.5. The van der Waals surface area contributed by atoms with Crippen LogP contribution in [0.5, 0.6) is 5.75 Å². The summed E-state index contributed by atoms with van der Waals surface area (Å²) < 4.78 is 0. The monoisotopic (exact) mass is 477 g/mol. The van der Waals surface area contributed by atoms with Gasteiger partial charge >= 0.3 is 0 Å². The highest BCUT2D eigenvalue weighted by Crippen LogP contribution is 2.32. The summed E-state index contributed by atoms with van der Waals surface area (Å²) in [6.07, 6.45) is 1.92. The molecule has 172 valence electrons. The van der Waals surface area contributed by atoms with Crippen LogP contribution in [0.4, 0.5) is 0 Å². The predicted molar refractivity (Wildman–Crippen MR) is 127 cm³/mol. The molecule has 8 heteroatoms. The molecule has 3 rings (SSSR count). The number of aromatic hydroxyl groups is 1. The van der Waals surface area contributed by atoms with E-state index in [4.69, 9.17) is 28.9 Å². The van der Waals surface area contributed by atoms with Crippen molar-refractivity contribution < 1.29 is 14.7 Å². The molecule has 0 fully saturated rings. The average molecular weight is 478 g/mol. The van der Waals surface area contributed by atoms with E-state index in [1.165, 1.54) is 17.2 Å². The van der Waals surface area contributed by atoms with E-state index in [0.717, 1.165) is 12.8 Å². The highest BCUT2D eigenvalue weighted by molar-refractivity contribution is 6.35. The number of amides is 2. The maximum absolute atomic E-state index is 13.3. The van der Waals surface area contributed by atoms with E-state index in [-0.39, 0.29) is 30.0 Å². The van der Waals surface area contributed by atoms with Crippen molar-refractivity contribution in [2.75, 3.05) is 0 Å². The number of primary amides is 1. The Balaban J connectivity index is 1.81. The van der Waals surface area contributed by atoms with Crippen LogP contribution in [-0.2, 0) is 29.0 Å². The quantitative estimate of drug-likeness (QED) is 0.442. The summed E-state index contributed by atoms with van der Waals surface area (Å²) in [7, 11) is 0. The fourth-order valence-electron chi connectivity index (χ4n) is 4.26. The van der Waals surface area contributed by atoms with E-state index >= 15 is 0 Å².